The van der Waals surface area contributed by atoms with Crippen LogP contribution in [0.5, 0.6) is 0 Å². The van der Waals surface area contributed by atoms with Crippen LogP contribution in [-0.2, 0) is 0 Å². The van der Waals surface area contributed by atoms with Crippen LogP contribution < -0.4 is 4.90 Å². The van der Waals surface area contributed by atoms with Crippen LogP contribution in [-0.4, -0.2) is 0 Å². The van der Waals surface area contributed by atoms with Crippen LogP contribution in [0.2, 0.25) is 0 Å². The highest BCUT2D eigenvalue weighted by Gasteiger charge is 2.17. The molecule has 212 valence electrons. The minimum absolute atomic E-state index is 0.0378. The van der Waals surface area contributed by atoms with E-state index in [0.29, 0.717) is 11.1 Å². The molecule has 0 radical (unpaired) electrons. The van der Waals surface area contributed by atoms with E-state index < -0.39 is 0 Å². The summed E-state index contributed by atoms with van der Waals surface area (Å²) in [4.78, 5) is 1.92. The van der Waals surface area contributed by atoms with Crippen molar-refractivity contribution in [2.75, 3.05) is 4.90 Å². The number of benzene rings is 8. The van der Waals surface area contributed by atoms with Gasteiger partial charge in [0.25, 0.3) is 0 Å². The van der Waals surface area contributed by atoms with Crippen molar-refractivity contribution in [1.29, 1.82) is 0 Å². The molecule has 0 spiro atoms. The van der Waals surface area contributed by atoms with Gasteiger partial charge in [-0.05, 0) is 79.8 Å². The Morgan fingerprint density at radius 1 is 0.378 bits per heavy atom. The second kappa shape index (κ2) is 11.6. The van der Waals surface area contributed by atoms with E-state index in [1.54, 1.807) is 0 Å². The van der Waals surface area contributed by atoms with Crippen molar-refractivity contribution in [2.45, 2.75) is 0 Å². The van der Waals surface area contributed by atoms with Crippen molar-refractivity contribution in [2.24, 2.45) is 0 Å². The smallest absolute Gasteiger partial charge is 0.0651 e. The molecule has 0 aliphatic rings. The van der Waals surface area contributed by atoms with Gasteiger partial charge in [-0.2, -0.15) is 0 Å². The molecule has 0 atom stereocenters. The Morgan fingerprint density at radius 2 is 0.911 bits per heavy atom. The number of anilines is 3. The van der Waals surface area contributed by atoms with Gasteiger partial charge in [0.2, 0.25) is 0 Å². The minimum atomic E-state index is -0.214. The molecule has 1 nitrogen and oxygen atoms in total. The molecular weight excluding hydrogens is 542 g/mol. The Morgan fingerprint density at radius 3 is 1.62 bits per heavy atom. The molecule has 0 amide bonds. The zero-order valence-corrected chi connectivity index (χ0v) is 24.5. The molecule has 0 unspecified atom stereocenters. The predicted molar refractivity (Wildman–Crippen MR) is 192 cm³/mol. The largest absolute Gasteiger partial charge is 0.310 e. The lowest BCUT2D eigenvalue weighted by atomic mass is 9.97. The van der Waals surface area contributed by atoms with Gasteiger partial charge in [0.15, 0.2) is 0 Å². The molecule has 0 heterocycles. The minimum Gasteiger partial charge on any atom is -0.310 e. The summed E-state index contributed by atoms with van der Waals surface area (Å²) in [5, 5.41) is 3.86. The molecule has 0 fully saturated rings. The maximum absolute atomic E-state index is 9.68. The number of nitrogens with zero attached hydrogens (tertiary/aromatic N) is 1. The number of hydrogen-bond acceptors (Lipinski definition) is 1. The number of hydrogen-bond donors (Lipinski definition) is 0. The fourth-order valence-corrected chi connectivity index (χ4v) is 6.10. The molecule has 0 N–H and O–H groups in total. The third kappa shape index (κ3) is 5.15. The summed E-state index contributed by atoms with van der Waals surface area (Å²) >= 11 is 0. The average Bonchev–Trinajstić information content (AvgIpc) is 3.16. The van der Waals surface area contributed by atoms with Gasteiger partial charge in [0.1, 0.15) is 0 Å². The maximum atomic E-state index is 9.68. The van der Waals surface area contributed by atoms with Crippen molar-refractivity contribution in [3.8, 4) is 33.4 Å². The molecule has 45 heavy (non-hydrogen) atoms. The van der Waals surface area contributed by atoms with E-state index in [1.807, 2.05) is 120 Å². The van der Waals surface area contributed by atoms with Gasteiger partial charge < -0.3 is 4.90 Å². The monoisotopic (exact) mass is 577 g/mol. The number of rotatable bonds is 6. The lowest BCUT2D eigenvalue weighted by molar-refractivity contribution is 1.30. The quantitative estimate of drug-likeness (QED) is 0.190. The summed E-state index contributed by atoms with van der Waals surface area (Å²) in [6, 6.07) is 54.3. The third-order valence-corrected chi connectivity index (χ3v) is 8.35. The highest BCUT2D eigenvalue weighted by molar-refractivity contribution is 6.01. The fourth-order valence-electron chi connectivity index (χ4n) is 6.10. The van der Waals surface area contributed by atoms with Crippen LogP contribution in [0.25, 0.3) is 54.9 Å². The van der Waals surface area contributed by atoms with Crippen LogP contribution in [0.3, 0.4) is 0 Å². The SMILES string of the molecule is [2H]c1c([2H])c(-c2cccc3ccccc23)c([2H])c(N(c2ccc(-c3ccc(-c4ccccc4)cc3)cc2)c2cccc3ccccc23)c1[2H]. The molecule has 8 rings (SSSR count). The highest BCUT2D eigenvalue weighted by atomic mass is 15.1. The molecule has 0 aliphatic carbocycles. The molecule has 8 aromatic carbocycles. The van der Waals surface area contributed by atoms with E-state index >= 15 is 0 Å². The summed E-state index contributed by atoms with van der Waals surface area (Å²) in [5.74, 6) is 0. The molecule has 0 saturated heterocycles. The van der Waals surface area contributed by atoms with E-state index in [-0.39, 0.29) is 29.9 Å². The van der Waals surface area contributed by atoms with Gasteiger partial charge in [0, 0.05) is 16.8 Å². The van der Waals surface area contributed by atoms with Gasteiger partial charge in [-0.25, -0.2) is 0 Å². The molecule has 0 saturated carbocycles. The van der Waals surface area contributed by atoms with Gasteiger partial charge in [-0.15, -0.1) is 0 Å². The molecule has 1 heteroatoms. The van der Waals surface area contributed by atoms with Crippen molar-refractivity contribution in [3.63, 3.8) is 0 Å². The maximum Gasteiger partial charge on any atom is 0.0651 e. The summed E-state index contributed by atoms with van der Waals surface area (Å²) in [7, 11) is 0. The highest BCUT2D eigenvalue weighted by Crippen LogP contribution is 2.41. The first-order valence-electron chi connectivity index (χ1n) is 17.1. The van der Waals surface area contributed by atoms with Crippen LogP contribution in [0.15, 0.2) is 188 Å². The van der Waals surface area contributed by atoms with Crippen LogP contribution in [0, 0.1) is 0 Å². The van der Waals surface area contributed by atoms with Crippen LogP contribution >= 0.6 is 0 Å². The first-order valence-corrected chi connectivity index (χ1v) is 15.1. The molecular formula is C44H31N. The van der Waals surface area contributed by atoms with Gasteiger partial charge in [-0.3, -0.25) is 0 Å². The zero-order valence-electron chi connectivity index (χ0n) is 28.5. The number of fused-ring (bicyclic) bond motifs is 2. The van der Waals surface area contributed by atoms with Crippen LogP contribution in [0.1, 0.15) is 5.48 Å². The van der Waals surface area contributed by atoms with E-state index in [2.05, 4.69) is 48.5 Å². The summed E-state index contributed by atoms with van der Waals surface area (Å²) < 4.78 is 36.9. The van der Waals surface area contributed by atoms with Crippen LogP contribution in [0.4, 0.5) is 17.1 Å². The lowest BCUT2D eigenvalue weighted by Crippen LogP contribution is -2.10. The van der Waals surface area contributed by atoms with E-state index in [4.69, 9.17) is 2.74 Å². The summed E-state index contributed by atoms with van der Waals surface area (Å²) in [5.41, 5.74) is 7.30. The average molecular weight is 578 g/mol. The third-order valence-electron chi connectivity index (χ3n) is 8.35. The first-order chi connectivity index (χ1) is 24.0. The zero-order chi connectivity index (χ0) is 33.5. The van der Waals surface area contributed by atoms with E-state index in [1.165, 1.54) is 5.56 Å². The normalized spacial score (nSPS) is 12.4. The van der Waals surface area contributed by atoms with E-state index in [9.17, 15) is 2.74 Å². The van der Waals surface area contributed by atoms with Gasteiger partial charge >= 0.3 is 0 Å². The fraction of sp³-hybridized carbons (Fsp3) is 0. The van der Waals surface area contributed by atoms with Gasteiger partial charge in [-0.1, -0.05) is 158 Å². The Balaban J connectivity index is 1.32. The Labute approximate surface area is 269 Å². The standard InChI is InChI=1S/C44H31N/c1-2-11-32(12-3-1)33-23-25-34(26-24-33)35-27-29-39(30-28-35)45(44-22-10-16-37-14-5-7-20-43(37)44)40-18-8-17-38(31-40)42-21-9-15-36-13-4-6-19-41(36)42/h1-31H/i8D,17D,18D,31D. The van der Waals surface area contributed by atoms with Gasteiger partial charge in [0.05, 0.1) is 11.2 Å². The topological polar surface area (TPSA) is 3.24 Å². The summed E-state index contributed by atoms with van der Waals surface area (Å²) in [6.45, 7) is 0. The van der Waals surface area contributed by atoms with Crippen molar-refractivity contribution in [3.05, 3.63) is 188 Å². The first kappa shape index (κ1) is 22.6. The lowest BCUT2D eigenvalue weighted by Gasteiger charge is -2.27. The van der Waals surface area contributed by atoms with Crippen molar-refractivity contribution in [1.82, 2.24) is 0 Å². The van der Waals surface area contributed by atoms with E-state index in [0.717, 1.165) is 49.6 Å². The molecule has 0 aliphatic heterocycles. The second-order valence-electron chi connectivity index (χ2n) is 11.1. The second-order valence-corrected chi connectivity index (χ2v) is 11.1. The predicted octanol–water partition coefficient (Wildman–Crippen LogP) is 12.5. The Hall–Kier alpha value is -5.92. The Bertz CT molecular complexity index is 2460. The Kier molecular flexibility index (Phi) is 5.84. The molecule has 8 aromatic rings. The summed E-state index contributed by atoms with van der Waals surface area (Å²) in [6.07, 6.45) is 0. The molecule has 0 aromatic heterocycles. The van der Waals surface area contributed by atoms with Crippen molar-refractivity contribution >= 4 is 38.6 Å². The van der Waals surface area contributed by atoms with Crippen molar-refractivity contribution < 1.29 is 5.48 Å². The molecule has 0 bridgehead atoms.